The molecule has 0 fully saturated rings. The third kappa shape index (κ3) is 3.92. The monoisotopic (exact) mass is 360 g/mol. The smallest absolute Gasteiger partial charge is 0.362 e. The second-order valence-electron chi connectivity index (χ2n) is 5.92. The molecule has 0 aliphatic carbocycles. The van der Waals surface area contributed by atoms with Gasteiger partial charge in [0.2, 0.25) is 0 Å². The number of nitrogens with zero attached hydrogens (tertiary/aromatic N) is 2. The minimum Gasteiger partial charge on any atom is -0.362 e. The molecule has 0 spiro atoms. The lowest BCUT2D eigenvalue weighted by Crippen LogP contribution is -2.57. The summed E-state index contributed by atoms with van der Waals surface area (Å²) in [5.41, 5.74) is -2.12. The van der Waals surface area contributed by atoms with E-state index in [0.717, 1.165) is 5.56 Å². The van der Waals surface area contributed by atoms with Crippen molar-refractivity contribution < 1.29 is 23.1 Å². The molecule has 0 bridgehead atoms. The summed E-state index contributed by atoms with van der Waals surface area (Å²) in [4.78, 5) is 12.2. The molecule has 1 aliphatic heterocycles. The number of hydrogen-bond acceptors (Lipinski definition) is 4. The highest BCUT2D eigenvalue weighted by atomic mass is 32.2. The van der Waals surface area contributed by atoms with Crippen molar-refractivity contribution in [1.82, 2.24) is 5.01 Å². The van der Waals surface area contributed by atoms with Crippen LogP contribution < -0.4 is 0 Å². The fourth-order valence-corrected chi connectivity index (χ4v) is 3.09. The molecule has 1 N–H and O–H groups in total. The third-order valence-electron chi connectivity index (χ3n) is 3.70. The van der Waals surface area contributed by atoms with Gasteiger partial charge in [-0.1, -0.05) is 44.2 Å². The van der Waals surface area contributed by atoms with Crippen molar-refractivity contribution in [3.05, 3.63) is 35.9 Å². The van der Waals surface area contributed by atoms with Crippen LogP contribution in [0.2, 0.25) is 0 Å². The van der Waals surface area contributed by atoms with E-state index in [1.54, 1.807) is 13.8 Å². The fraction of sp³-hybridized carbons (Fsp3) is 0.500. The van der Waals surface area contributed by atoms with Gasteiger partial charge >= 0.3 is 6.18 Å². The van der Waals surface area contributed by atoms with E-state index in [-0.39, 0.29) is 22.4 Å². The maximum absolute atomic E-state index is 13.3. The molecule has 0 unspecified atom stereocenters. The number of thioether (sulfide) groups is 1. The van der Waals surface area contributed by atoms with E-state index < -0.39 is 24.2 Å². The number of benzene rings is 1. The summed E-state index contributed by atoms with van der Waals surface area (Å²) in [7, 11) is 0. The van der Waals surface area contributed by atoms with Gasteiger partial charge in [0.05, 0.1) is 5.75 Å². The lowest BCUT2D eigenvalue weighted by Gasteiger charge is -2.32. The summed E-state index contributed by atoms with van der Waals surface area (Å²) < 4.78 is 39.8. The van der Waals surface area contributed by atoms with E-state index in [4.69, 9.17) is 0 Å². The molecule has 1 aromatic carbocycles. The van der Waals surface area contributed by atoms with Crippen LogP contribution in [0, 0.1) is 5.92 Å². The molecular weight excluding hydrogens is 341 g/mol. The van der Waals surface area contributed by atoms with Crippen LogP contribution in [0.1, 0.15) is 25.8 Å². The van der Waals surface area contributed by atoms with E-state index in [1.165, 1.54) is 11.8 Å². The third-order valence-corrected chi connectivity index (χ3v) is 4.69. The maximum Gasteiger partial charge on any atom is 0.438 e. The van der Waals surface area contributed by atoms with Crippen molar-refractivity contribution in [2.45, 2.75) is 37.9 Å². The predicted octanol–water partition coefficient (Wildman–Crippen LogP) is 3.42. The molecular formula is C16H19F3N2O2S. The van der Waals surface area contributed by atoms with Crippen LogP contribution in [0.5, 0.6) is 0 Å². The molecule has 1 aliphatic rings. The van der Waals surface area contributed by atoms with Crippen molar-refractivity contribution in [3.8, 4) is 0 Å². The number of amides is 1. The minimum atomic E-state index is -4.97. The predicted molar refractivity (Wildman–Crippen MR) is 87.3 cm³/mol. The van der Waals surface area contributed by atoms with Crippen LogP contribution in [0.25, 0.3) is 0 Å². The van der Waals surface area contributed by atoms with Crippen molar-refractivity contribution in [1.29, 1.82) is 0 Å². The summed E-state index contributed by atoms with van der Waals surface area (Å²) in [6.45, 7) is 3.35. The van der Waals surface area contributed by atoms with Crippen molar-refractivity contribution in [3.63, 3.8) is 0 Å². The molecule has 2 rings (SSSR count). The van der Waals surface area contributed by atoms with Gasteiger partial charge in [-0.25, -0.2) is 0 Å². The highest BCUT2D eigenvalue weighted by molar-refractivity contribution is 7.99. The number of hydrazone groups is 1. The Hall–Kier alpha value is -1.54. The first kappa shape index (κ1) is 18.8. The van der Waals surface area contributed by atoms with Gasteiger partial charge in [-0.05, 0) is 11.5 Å². The van der Waals surface area contributed by atoms with Gasteiger partial charge in [-0.15, -0.1) is 11.8 Å². The van der Waals surface area contributed by atoms with Crippen molar-refractivity contribution >= 4 is 23.4 Å². The van der Waals surface area contributed by atoms with Crippen LogP contribution in [0.4, 0.5) is 13.2 Å². The standard InChI is InChI=1S/C16H19F3N2O2S/c1-11(2)13-8-15(23,16(17,18)19)21(20-13)14(22)10-24-9-12-6-4-3-5-7-12/h3-7,11,23H,8-10H2,1-2H3/t15-/m1/s1. The average molecular weight is 360 g/mol. The van der Waals surface area contributed by atoms with Crippen LogP contribution in [0.3, 0.4) is 0 Å². The number of alkyl halides is 3. The second-order valence-corrected chi connectivity index (χ2v) is 6.91. The van der Waals surface area contributed by atoms with E-state index in [1.807, 2.05) is 30.3 Å². The van der Waals surface area contributed by atoms with Crippen molar-refractivity contribution in [2.24, 2.45) is 11.0 Å². The topological polar surface area (TPSA) is 52.9 Å². The van der Waals surface area contributed by atoms with Crippen LogP contribution in [-0.2, 0) is 10.5 Å². The normalized spacial score (nSPS) is 21.3. The average Bonchev–Trinajstić information content (AvgIpc) is 2.87. The largest absolute Gasteiger partial charge is 0.438 e. The van der Waals surface area contributed by atoms with Crippen LogP contribution in [-0.4, -0.2) is 39.4 Å². The lowest BCUT2D eigenvalue weighted by atomic mass is 9.99. The Labute approximate surface area is 142 Å². The Balaban J connectivity index is 2.07. The number of carbonyl (C=O) groups is 1. The molecule has 4 nitrogen and oxygen atoms in total. The van der Waals surface area contributed by atoms with Gasteiger partial charge in [0.25, 0.3) is 11.6 Å². The van der Waals surface area contributed by atoms with E-state index in [9.17, 15) is 23.1 Å². The summed E-state index contributed by atoms with van der Waals surface area (Å²) in [5.74, 6) is -0.839. The van der Waals surface area contributed by atoms with Gasteiger partial charge in [-0.2, -0.15) is 23.3 Å². The Bertz CT molecular complexity index is 619. The SMILES string of the molecule is CC(C)C1=NN(C(=O)CSCc2ccccc2)[C@](O)(C(F)(F)F)C1. The molecule has 1 aromatic rings. The zero-order chi connectivity index (χ0) is 18.0. The molecule has 1 amide bonds. The van der Waals surface area contributed by atoms with E-state index in [0.29, 0.717) is 5.75 Å². The summed E-state index contributed by atoms with van der Waals surface area (Å²) >= 11 is 1.18. The Morgan fingerprint density at radius 2 is 2.00 bits per heavy atom. The highest BCUT2D eigenvalue weighted by Crippen LogP contribution is 2.41. The first-order chi connectivity index (χ1) is 11.1. The zero-order valence-corrected chi connectivity index (χ0v) is 14.2. The second kappa shape index (κ2) is 7.14. The summed E-state index contributed by atoms with van der Waals surface area (Å²) in [6.07, 6.45) is -5.67. The first-order valence-corrected chi connectivity index (χ1v) is 8.62. The molecule has 0 saturated carbocycles. The number of rotatable bonds is 5. The van der Waals surface area contributed by atoms with Gasteiger partial charge < -0.3 is 5.11 Å². The van der Waals surface area contributed by atoms with Gasteiger partial charge in [0, 0.05) is 17.9 Å². The van der Waals surface area contributed by atoms with Crippen molar-refractivity contribution in [2.75, 3.05) is 5.75 Å². The van der Waals surface area contributed by atoms with Crippen LogP contribution >= 0.6 is 11.8 Å². The lowest BCUT2D eigenvalue weighted by molar-refractivity contribution is -0.301. The number of hydrogen-bond donors (Lipinski definition) is 1. The maximum atomic E-state index is 13.3. The highest BCUT2D eigenvalue weighted by Gasteiger charge is 2.63. The number of halogens is 3. The molecule has 1 heterocycles. The Morgan fingerprint density at radius 3 is 2.54 bits per heavy atom. The molecule has 8 heteroatoms. The molecule has 24 heavy (non-hydrogen) atoms. The minimum absolute atomic E-state index is 0.163. The van der Waals surface area contributed by atoms with Gasteiger partial charge in [0.1, 0.15) is 0 Å². The Morgan fingerprint density at radius 1 is 1.38 bits per heavy atom. The first-order valence-electron chi connectivity index (χ1n) is 7.46. The Kier molecular flexibility index (Phi) is 5.59. The molecule has 0 radical (unpaired) electrons. The number of carbonyl (C=O) groups excluding carboxylic acids is 1. The fourth-order valence-electron chi connectivity index (χ4n) is 2.27. The van der Waals surface area contributed by atoms with Crippen LogP contribution in [0.15, 0.2) is 35.4 Å². The summed E-state index contributed by atoms with van der Waals surface area (Å²) in [6, 6.07) is 9.29. The molecule has 0 saturated heterocycles. The molecule has 1 atom stereocenters. The molecule has 0 aromatic heterocycles. The van der Waals surface area contributed by atoms with Gasteiger partial charge in [-0.3, -0.25) is 4.79 Å². The number of aliphatic hydroxyl groups is 1. The molecule has 132 valence electrons. The quantitative estimate of drug-likeness (QED) is 0.875. The van der Waals surface area contributed by atoms with E-state index >= 15 is 0 Å². The zero-order valence-electron chi connectivity index (χ0n) is 13.4. The summed E-state index contributed by atoms with van der Waals surface area (Å²) in [5, 5.41) is 14.0. The van der Waals surface area contributed by atoms with E-state index in [2.05, 4.69) is 5.10 Å². The van der Waals surface area contributed by atoms with Gasteiger partial charge in [0.15, 0.2) is 0 Å².